The highest BCUT2D eigenvalue weighted by molar-refractivity contribution is 7.92. The van der Waals surface area contributed by atoms with Gasteiger partial charge in [0.05, 0.1) is 16.9 Å². The van der Waals surface area contributed by atoms with Crippen LogP contribution in [0.3, 0.4) is 0 Å². The van der Waals surface area contributed by atoms with E-state index in [1.165, 1.54) is 23.1 Å². The van der Waals surface area contributed by atoms with Crippen molar-refractivity contribution in [3.63, 3.8) is 0 Å². The molecule has 222 valence electrons. The van der Waals surface area contributed by atoms with Crippen LogP contribution in [0.5, 0.6) is 0 Å². The maximum absolute atomic E-state index is 14.1. The maximum atomic E-state index is 14.1. The molecule has 0 spiro atoms. The summed E-state index contributed by atoms with van der Waals surface area (Å²) in [5.41, 5.74) is 1.13. The lowest BCUT2D eigenvalue weighted by Crippen LogP contribution is -2.54. The number of amides is 2. The number of nitro groups is 1. The van der Waals surface area contributed by atoms with E-state index in [1.54, 1.807) is 24.3 Å². The fourth-order valence-corrected chi connectivity index (χ4v) is 6.18. The molecule has 0 radical (unpaired) electrons. The highest BCUT2D eigenvalue weighted by Gasteiger charge is 2.34. The summed E-state index contributed by atoms with van der Waals surface area (Å²) in [4.78, 5) is 40.1. The highest BCUT2D eigenvalue weighted by Crippen LogP contribution is 2.25. The predicted molar refractivity (Wildman–Crippen MR) is 162 cm³/mol. The minimum absolute atomic E-state index is 0.00344. The molecule has 42 heavy (non-hydrogen) atoms. The Morgan fingerprint density at radius 1 is 1.00 bits per heavy atom. The molecule has 1 atom stereocenters. The van der Waals surface area contributed by atoms with Crippen LogP contribution in [0, 0.1) is 10.1 Å². The van der Waals surface area contributed by atoms with E-state index in [0.29, 0.717) is 10.6 Å². The van der Waals surface area contributed by atoms with Crippen LogP contribution in [0.1, 0.15) is 36.8 Å². The van der Waals surface area contributed by atoms with Crippen LogP contribution in [0.15, 0.2) is 78.9 Å². The van der Waals surface area contributed by atoms with E-state index in [1.807, 2.05) is 30.3 Å². The highest BCUT2D eigenvalue weighted by atomic mass is 35.5. The monoisotopic (exact) mass is 612 g/mol. The number of rotatable bonds is 12. The number of non-ortho nitro benzene ring substituents is 1. The molecule has 4 rings (SSSR count). The first-order valence-electron chi connectivity index (χ1n) is 13.6. The third-order valence-corrected chi connectivity index (χ3v) is 8.60. The van der Waals surface area contributed by atoms with Crippen molar-refractivity contribution < 1.29 is 22.9 Å². The van der Waals surface area contributed by atoms with E-state index >= 15 is 0 Å². The first-order valence-corrected chi connectivity index (χ1v) is 15.8. The van der Waals surface area contributed by atoms with E-state index < -0.39 is 33.4 Å². The summed E-state index contributed by atoms with van der Waals surface area (Å²) in [7, 11) is -4.05. The second kappa shape index (κ2) is 13.8. The summed E-state index contributed by atoms with van der Waals surface area (Å²) in [6, 6.07) is 20.3. The van der Waals surface area contributed by atoms with Crippen LogP contribution in [-0.2, 0) is 32.6 Å². The van der Waals surface area contributed by atoms with Crippen LogP contribution in [0.25, 0.3) is 0 Å². The number of hydrogen-bond donors (Lipinski definition) is 1. The molecule has 0 aromatic heterocycles. The fraction of sp³-hybridized carbons (Fsp3) is 0.333. The Morgan fingerprint density at radius 2 is 1.67 bits per heavy atom. The van der Waals surface area contributed by atoms with Gasteiger partial charge in [0.15, 0.2) is 0 Å². The summed E-state index contributed by atoms with van der Waals surface area (Å²) < 4.78 is 26.6. The van der Waals surface area contributed by atoms with E-state index in [-0.39, 0.29) is 36.3 Å². The largest absolute Gasteiger partial charge is 0.352 e. The molecular weight excluding hydrogens is 580 g/mol. The van der Waals surface area contributed by atoms with E-state index in [4.69, 9.17) is 11.6 Å². The Labute approximate surface area is 250 Å². The fourth-order valence-electron chi connectivity index (χ4n) is 5.13. The lowest BCUT2D eigenvalue weighted by atomic mass is 10.0. The van der Waals surface area contributed by atoms with Gasteiger partial charge in [-0.25, -0.2) is 8.42 Å². The van der Waals surface area contributed by atoms with Gasteiger partial charge < -0.3 is 10.2 Å². The smallest absolute Gasteiger partial charge is 0.271 e. The number of carbonyl (C=O) groups excluding carboxylic acids is 2. The van der Waals surface area contributed by atoms with Crippen molar-refractivity contribution in [2.24, 2.45) is 0 Å². The normalized spacial score (nSPS) is 14.2. The first kappa shape index (κ1) is 31.0. The Bertz CT molecular complexity index is 1530. The zero-order valence-corrected chi connectivity index (χ0v) is 24.8. The third kappa shape index (κ3) is 8.29. The topological polar surface area (TPSA) is 130 Å². The van der Waals surface area contributed by atoms with Crippen LogP contribution in [0.4, 0.5) is 11.4 Å². The minimum Gasteiger partial charge on any atom is -0.352 e. The molecule has 0 saturated heterocycles. The average Bonchev–Trinajstić information content (AvgIpc) is 3.46. The van der Waals surface area contributed by atoms with Crippen molar-refractivity contribution in [1.82, 2.24) is 10.2 Å². The zero-order chi connectivity index (χ0) is 30.3. The van der Waals surface area contributed by atoms with Crippen molar-refractivity contribution in [1.29, 1.82) is 0 Å². The first-order chi connectivity index (χ1) is 20.0. The van der Waals surface area contributed by atoms with Gasteiger partial charge in [0, 0.05) is 36.2 Å². The van der Waals surface area contributed by atoms with E-state index in [2.05, 4.69) is 5.32 Å². The number of nitrogens with zero attached hydrogens (tertiary/aromatic N) is 3. The van der Waals surface area contributed by atoms with E-state index in [0.717, 1.165) is 47.9 Å². The second-order valence-corrected chi connectivity index (χ2v) is 12.7. The molecule has 3 aromatic rings. The molecule has 1 fully saturated rings. The zero-order valence-electron chi connectivity index (χ0n) is 23.2. The molecule has 1 N–H and O–H groups in total. The van der Waals surface area contributed by atoms with Gasteiger partial charge in [-0.05, 0) is 42.2 Å². The van der Waals surface area contributed by atoms with Crippen molar-refractivity contribution >= 4 is 44.8 Å². The molecule has 10 nitrogen and oxygen atoms in total. The molecule has 0 bridgehead atoms. The van der Waals surface area contributed by atoms with Crippen molar-refractivity contribution in [3.8, 4) is 0 Å². The van der Waals surface area contributed by atoms with Crippen molar-refractivity contribution in [2.75, 3.05) is 17.1 Å². The molecular formula is C30H33ClN4O6S. The van der Waals surface area contributed by atoms with Crippen molar-refractivity contribution in [2.45, 2.75) is 50.7 Å². The number of hydrogen-bond acceptors (Lipinski definition) is 6. The molecule has 0 heterocycles. The SMILES string of the molecule is CS(=O)(=O)N(CC(=O)N(Cc1cccc(Cl)c1)[C@H](Cc1ccccc1)C(=O)NC1CCCC1)c1cccc([N+](=O)[O-])c1. The summed E-state index contributed by atoms with van der Waals surface area (Å²) in [6.07, 6.45) is 4.83. The number of nitrogens with one attached hydrogen (secondary N) is 1. The lowest BCUT2D eigenvalue weighted by molar-refractivity contribution is -0.384. The molecule has 1 aliphatic carbocycles. The van der Waals surface area contributed by atoms with Gasteiger partial charge in [0.25, 0.3) is 5.69 Å². The summed E-state index contributed by atoms with van der Waals surface area (Å²) in [5.74, 6) is -0.975. The predicted octanol–water partition coefficient (Wildman–Crippen LogP) is 4.71. The van der Waals surface area contributed by atoms with Gasteiger partial charge in [-0.2, -0.15) is 0 Å². The number of halogens is 1. The number of benzene rings is 3. The van der Waals surface area contributed by atoms with Gasteiger partial charge in [-0.15, -0.1) is 0 Å². The number of anilines is 1. The Balaban J connectivity index is 1.74. The van der Waals surface area contributed by atoms with Crippen LogP contribution >= 0.6 is 11.6 Å². The standard InChI is InChI=1S/C30H33ClN4O6S/c1-42(40,41)34(26-15-8-16-27(19-26)35(38)39)21-29(36)33(20-23-11-7-12-24(31)17-23)28(18-22-9-3-2-4-10-22)30(37)32-25-13-5-6-14-25/h2-4,7-12,15-17,19,25,28H,5-6,13-14,18,20-21H2,1H3,(H,32,37)/t28-/m1/s1. The summed E-state index contributed by atoms with van der Waals surface area (Å²) in [6.45, 7) is -0.677. The quantitative estimate of drug-likeness (QED) is 0.233. The number of carbonyl (C=O) groups is 2. The van der Waals surface area contributed by atoms with Gasteiger partial charge in [-0.3, -0.25) is 24.0 Å². The molecule has 3 aromatic carbocycles. The van der Waals surface area contributed by atoms with Gasteiger partial charge in [0.1, 0.15) is 12.6 Å². The maximum Gasteiger partial charge on any atom is 0.271 e. The van der Waals surface area contributed by atoms with Crippen LogP contribution in [0.2, 0.25) is 5.02 Å². The van der Waals surface area contributed by atoms with Gasteiger partial charge >= 0.3 is 0 Å². The molecule has 0 aliphatic heterocycles. The summed E-state index contributed by atoms with van der Waals surface area (Å²) in [5, 5.41) is 14.9. The molecule has 1 saturated carbocycles. The minimum atomic E-state index is -4.05. The number of sulfonamides is 1. The Morgan fingerprint density at radius 3 is 2.31 bits per heavy atom. The second-order valence-electron chi connectivity index (χ2n) is 10.4. The molecule has 0 unspecified atom stereocenters. The summed E-state index contributed by atoms with van der Waals surface area (Å²) >= 11 is 6.23. The lowest BCUT2D eigenvalue weighted by Gasteiger charge is -2.34. The average molecular weight is 613 g/mol. The van der Waals surface area contributed by atoms with Gasteiger partial charge in [0.2, 0.25) is 21.8 Å². The molecule has 2 amide bonds. The van der Waals surface area contributed by atoms with Crippen LogP contribution in [-0.4, -0.2) is 54.9 Å². The molecule has 12 heteroatoms. The number of nitro benzene ring substituents is 1. The Hall–Kier alpha value is -3.96. The van der Waals surface area contributed by atoms with Crippen LogP contribution < -0.4 is 9.62 Å². The third-order valence-electron chi connectivity index (χ3n) is 7.22. The Kier molecular flexibility index (Phi) is 10.2. The van der Waals surface area contributed by atoms with Crippen molar-refractivity contribution in [3.05, 3.63) is 105 Å². The van der Waals surface area contributed by atoms with Gasteiger partial charge in [-0.1, -0.05) is 73.0 Å². The van der Waals surface area contributed by atoms with E-state index in [9.17, 15) is 28.1 Å². The molecule has 1 aliphatic rings.